The van der Waals surface area contributed by atoms with Crippen molar-refractivity contribution in [3.63, 3.8) is 0 Å². The fraction of sp³-hybridized carbons (Fsp3) is 0.444. The molecule has 4 heteroatoms. The van der Waals surface area contributed by atoms with Crippen molar-refractivity contribution in [1.29, 1.82) is 0 Å². The van der Waals surface area contributed by atoms with Crippen LogP contribution in [0, 0.1) is 5.41 Å². The van der Waals surface area contributed by atoms with Gasteiger partial charge < -0.3 is 9.30 Å². The lowest BCUT2D eigenvalue weighted by Crippen LogP contribution is -2.30. The minimum absolute atomic E-state index is 0.0108. The highest BCUT2D eigenvalue weighted by molar-refractivity contribution is 5.97. The van der Waals surface area contributed by atoms with Crippen molar-refractivity contribution in [3.05, 3.63) is 47.5 Å². The van der Waals surface area contributed by atoms with E-state index in [1.165, 1.54) is 0 Å². The van der Waals surface area contributed by atoms with E-state index >= 15 is 0 Å². The second-order valence-corrected chi connectivity index (χ2v) is 7.08. The Hall–Kier alpha value is -2.10. The second-order valence-electron chi connectivity index (χ2n) is 7.08. The molecule has 114 valence electrons. The lowest BCUT2D eigenvalue weighted by Gasteiger charge is -2.31. The Morgan fingerprint density at radius 2 is 2.09 bits per heavy atom. The summed E-state index contributed by atoms with van der Waals surface area (Å²) in [5.41, 5.74) is 2.91. The molecular formula is C18H20N2O2. The normalized spacial score (nSPS) is 22.6. The van der Waals surface area contributed by atoms with E-state index in [1.54, 1.807) is 0 Å². The van der Waals surface area contributed by atoms with Crippen molar-refractivity contribution < 1.29 is 9.53 Å². The van der Waals surface area contributed by atoms with Crippen molar-refractivity contribution in [2.24, 2.45) is 5.41 Å². The standard InChI is InChI=1S/C18H20N2O2/c1-18(2)9-13-17(15(21)10-18)20(11-19-13)14-7-8-22-16-6-4-3-5-12(14)16/h3-6,11,14H,7-10H2,1-2H3. The van der Waals surface area contributed by atoms with Gasteiger partial charge in [0.05, 0.1) is 24.7 Å². The Bertz CT molecular complexity index is 745. The zero-order chi connectivity index (χ0) is 15.3. The monoisotopic (exact) mass is 296 g/mol. The van der Waals surface area contributed by atoms with Gasteiger partial charge in [-0.2, -0.15) is 0 Å². The number of Topliss-reactive ketones (excluding diaryl/α,β-unsaturated/α-hetero) is 1. The molecule has 2 aromatic rings. The van der Waals surface area contributed by atoms with Gasteiger partial charge >= 0.3 is 0 Å². The van der Waals surface area contributed by atoms with Gasteiger partial charge in [-0.15, -0.1) is 0 Å². The van der Waals surface area contributed by atoms with Crippen LogP contribution < -0.4 is 4.74 Å². The smallest absolute Gasteiger partial charge is 0.181 e. The molecule has 1 aromatic carbocycles. The van der Waals surface area contributed by atoms with Gasteiger partial charge in [0.1, 0.15) is 11.4 Å². The Balaban J connectivity index is 1.81. The van der Waals surface area contributed by atoms with Crippen LogP contribution in [-0.4, -0.2) is 21.9 Å². The molecule has 1 aromatic heterocycles. The number of fused-ring (bicyclic) bond motifs is 2. The lowest BCUT2D eigenvalue weighted by atomic mass is 9.77. The highest BCUT2D eigenvalue weighted by atomic mass is 16.5. The van der Waals surface area contributed by atoms with Gasteiger partial charge in [0.15, 0.2) is 5.78 Å². The second kappa shape index (κ2) is 4.70. The number of hydrogen-bond donors (Lipinski definition) is 0. The number of carbonyl (C=O) groups excluding carboxylic acids is 1. The summed E-state index contributed by atoms with van der Waals surface area (Å²) >= 11 is 0. The first kappa shape index (κ1) is 13.6. The molecule has 0 radical (unpaired) electrons. The number of aromatic nitrogens is 2. The van der Waals surface area contributed by atoms with E-state index in [-0.39, 0.29) is 17.2 Å². The summed E-state index contributed by atoms with van der Waals surface area (Å²) in [7, 11) is 0. The number of nitrogens with zero attached hydrogens (tertiary/aromatic N) is 2. The molecule has 2 aliphatic rings. The molecule has 4 rings (SSSR count). The van der Waals surface area contributed by atoms with Crippen molar-refractivity contribution in [2.75, 3.05) is 6.61 Å². The Kier molecular flexibility index (Phi) is 2.90. The van der Waals surface area contributed by atoms with Gasteiger partial charge in [0.25, 0.3) is 0 Å². The van der Waals surface area contributed by atoms with Gasteiger partial charge in [-0.05, 0) is 17.9 Å². The maximum absolute atomic E-state index is 12.6. The highest BCUT2D eigenvalue weighted by Crippen LogP contribution is 2.39. The summed E-state index contributed by atoms with van der Waals surface area (Å²) in [6.45, 7) is 4.95. The molecular weight excluding hydrogens is 276 g/mol. The van der Waals surface area contributed by atoms with Crippen LogP contribution in [0.3, 0.4) is 0 Å². The fourth-order valence-electron chi connectivity index (χ4n) is 3.72. The first-order valence-electron chi connectivity index (χ1n) is 7.86. The fourth-order valence-corrected chi connectivity index (χ4v) is 3.72. The molecule has 0 N–H and O–H groups in total. The summed E-state index contributed by atoms with van der Waals surface area (Å²) in [6, 6.07) is 8.23. The van der Waals surface area contributed by atoms with E-state index in [0.29, 0.717) is 13.0 Å². The Morgan fingerprint density at radius 3 is 2.95 bits per heavy atom. The number of rotatable bonds is 1. The number of benzene rings is 1. The van der Waals surface area contributed by atoms with E-state index in [4.69, 9.17) is 4.74 Å². The van der Waals surface area contributed by atoms with E-state index in [9.17, 15) is 4.79 Å². The highest BCUT2D eigenvalue weighted by Gasteiger charge is 2.36. The van der Waals surface area contributed by atoms with E-state index in [0.717, 1.165) is 35.5 Å². The predicted molar refractivity (Wildman–Crippen MR) is 83.4 cm³/mol. The molecule has 0 bridgehead atoms. The number of ether oxygens (including phenoxy) is 1. The average molecular weight is 296 g/mol. The Morgan fingerprint density at radius 1 is 1.27 bits per heavy atom. The third kappa shape index (κ3) is 2.05. The van der Waals surface area contributed by atoms with Gasteiger partial charge in [-0.25, -0.2) is 4.98 Å². The van der Waals surface area contributed by atoms with Crippen molar-refractivity contribution in [1.82, 2.24) is 9.55 Å². The molecule has 1 aliphatic heterocycles. The molecule has 2 heterocycles. The number of imidazole rings is 1. The van der Waals surface area contributed by atoms with Crippen LogP contribution in [0.1, 0.15) is 54.5 Å². The molecule has 1 atom stereocenters. The summed E-state index contributed by atoms with van der Waals surface area (Å²) in [6.07, 6.45) is 4.18. The maximum Gasteiger partial charge on any atom is 0.181 e. The molecule has 0 saturated carbocycles. The van der Waals surface area contributed by atoms with Crippen LogP contribution in [0.5, 0.6) is 5.75 Å². The molecule has 22 heavy (non-hydrogen) atoms. The molecule has 0 saturated heterocycles. The zero-order valence-electron chi connectivity index (χ0n) is 13.0. The summed E-state index contributed by atoms with van der Waals surface area (Å²) < 4.78 is 7.81. The van der Waals surface area contributed by atoms with Crippen LogP contribution >= 0.6 is 0 Å². The summed E-state index contributed by atoms with van der Waals surface area (Å²) in [5, 5.41) is 0. The predicted octanol–water partition coefficient (Wildman–Crippen LogP) is 3.41. The maximum atomic E-state index is 12.6. The quantitative estimate of drug-likeness (QED) is 0.810. The minimum Gasteiger partial charge on any atom is -0.493 e. The third-order valence-electron chi connectivity index (χ3n) is 4.68. The largest absolute Gasteiger partial charge is 0.493 e. The lowest BCUT2D eigenvalue weighted by molar-refractivity contribution is 0.0897. The van der Waals surface area contributed by atoms with Crippen LogP contribution in [0.2, 0.25) is 0 Å². The first-order valence-corrected chi connectivity index (χ1v) is 7.86. The van der Waals surface area contributed by atoms with Crippen LogP contribution in [0.15, 0.2) is 30.6 Å². The summed E-state index contributed by atoms with van der Waals surface area (Å²) in [4.78, 5) is 17.2. The zero-order valence-corrected chi connectivity index (χ0v) is 13.0. The van der Waals surface area contributed by atoms with E-state index in [1.807, 2.05) is 24.5 Å². The number of hydrogen-bond acceptors (Lipinski definition) is 3. The molecule has 0 fully saturated rings. The molecule has 0 spiro atoms. The third-order valence-corrected chi connectivity index (χ3v) is 4.68. The SMILES string of the molecule is CC1(C)CC(=O)c2c(ncn2C2CCOc3ccccc32)C1. The van der Waals surface area contributed by atoms with Gasteiger partial charge in [-0.1, -0.05) is 32.0 Å². The van der Waals surface area contributed by atoms with Crippen molar-refractivity contribution in [3.8, 4) is 5.75 Å². The van der Waals surface area contributed by atoms with Crippen LogP contribution in [0.25, 0.3) is 0 Å². The number of para-hydroxylation sites is 1. The molecule has 0 amide bonds. The first-order chi connectivity index (χ1) is 10.6. The molecule has 1 unspecified atom stereocenters. The van der Waals surface area contributed by atoms with Crippen molar-refractivity contribution in [2.45, 2.75) is 39.2 Å². The Labute approximate surface area is 130 Å². The number of ketones is 1. The van der Waals surface area contributed by atoms with Crippen LogP contribution in [-0.2, 0) is 6.42 Å². The number of carbonyl (C=O) groups is 1. The van der Waals surface area contributed by atoms with Crippen molar-refractivity contribution >= 4 is 5.78 Å². The molecule has 1 aliphatic carbocycles. The van der Waals surface area contributed by atoms with Gasteiger partial charge in [0.2, 0.25) is 0 Å². The van der Waals surface area contributed by atoms with E-state index < -0.39 is 0 Å². The van der Waals surface area contributed by atoms with Gasteiger partial charge in [-0.3, -0.25) is 4.79 Å². The average Bonchev–Trinajstić information content (AvgIpc) is 2.89. The minimum atomic E-state index is 0.0108. The van der Waals surface area contributed by atoms with E-state index in [2.05, 4.69) is 29.5 Å². The summed E-state index contributed by atoms with van der Waals surface area (Å²) in [5.74, 6) is 1.14. The van der Waals surface area contributed by atoms with Gasteiger partial charge in [0, 0.05) is 18.4 Å². The molecule has 4 nitrogen and oxygen atoms in total. The topological polar surface area (TPSA) is 44.1 Å². The van der Waals surface area contributed by atoms with Crippen LogP contribution in [0.4, 0.5) is 0 Å².